The molecule has 2 rings (SSSR count). The van der Waals surface area contributed by atoms with Crippen LogP contribution in [0.5, 0.6) is 5.75 Å². The summed E-state index contributed by atoms with van der Waals surface area (Å²) < 4.78 is 0. The monoisotopic (exact) mass is 234 g/mol. The van der Waals surface area contributed by atoms with E-state index in [1.165, 1.54) is 11.3 Å². The standard InChI is InChI=1S/C14H22N2O/c1-10(2)16-12(4-3-7-15)8-11-9-13(17)5-6-14(11)16/h5-6,9-10,12,17H,3-4,7-8,15H2,1-2H3. The van der Waals surface area contributed by atoms with Gasteiger partial charge in [0.2, 0.25) is 0 Å². The van der Waals surface area contributed by atoms with Crippen LogP contribution in [0.2, 0.25) is 0 Å². The minimum Gasteiger partial charge on any atom is -0.508 e. The minimum absolute atomic E-state index is 0.368. The summed E-state index contributed by atoms with van der Waals surface area (Å²) in [6.45, 7) is 5.19. The molecule has 1 aliphatic heterocycles. The molecule has 0 spiro atoms. The zero-order valence-electron chi connectivity index (χ0n) is 10.7. The van der Waals surface area contributed by atoms with Gasteiger partial charge < -0.3 is 15.7 Å². The first-order valence-electron chi connectivity index (χ1n) is 6.43. The number of nitrogens with two attached hydrogens (primary N) is 1. The van der Waals surface area contributed by atoms with Gasteiger partial charge in [-0.05, 0) is 63.4 Å². The van der Waals surface area contributed by atoms with Gasteiger partial charge in [0.05, 0.1) is 0 Å². The Morgan fingerprint density at radius 3 is 2.88 bits per heavy atom. The largest absolute Gasteiger partial charge is 0.508 e. The van der Waals surface area contributed by atoms with Gasteiger partial charge in [0.15, 0.2) is 0 Å². The van der Waals surface area contributed by atoms with Crippen molar-refractivity contribution in [3.63, 3.8) is 0 Å². The third kappa shape index (κ3) is 2.39. The number of anilines is 1. The Labute approximate surface area is 103 Å². The average Bonchev–Trinajstić information content (AvgIpc) is 2.63. The first-order chi connectivity index (χ1) is 8.13. The zero-order valence-corrected chi connectivity index (χ0v) is 10.7. The molecule has 0 fully saturated rings. The number of phenols is 1. The number of hydrogen-bond acceptors (Lipinski definition) is 3. The van der Waals surface area contributed by atoms with Gasteiger partial charge in [-0.25, -0.2) is 0 Å². The lowest BCUT2D eigenvalue weighted by Crippen LogP contribution is -2.38. The molecule has 3 N–H and O–H groups in total. The Kier molecular flexibility index (Phi) is 3.57. The predicted molar refractivity (Wildman–Crippen MR) is 71.5 cm³/mol. The highest BCUT2D eigenvalue weighted by Gasteiger charge is 2.30. The summed E-state index contributed by atoms with van der Waals surface area (Å²) >= 11 is 0. The molecule has 0 amide bonds. The van der Waals surface area contributed by atoms with Crippen molar-refractivity contribution in [2.75, 3.05) is 11.4 Å². The lowest BCUT2D eigenvalue weighted by molar-refractivity contribution is 0.474. The topological polar surface area (TPSA) is 49.5 Å². The highest BCUT2D eigenvalue weighted by atomic mass is 16.3. The highest BCUT2D eigenvalue weighted by Crippen LogP contribution is 2.37. The predicted octanol–water partition coefficient (Wildman–Crippen LogP) is 2.27. The summed E-state index contributed by atoms with van der Waals surface area (Å²) in [6.07, 6.45) is 3.22. The molecule has 0 bridgehead atoms. The first-order valence-corrected chi connectivity index (χ1v) is 6.43. The molecule has 1 aromatic rings. The molecule has 0 saturated carbocycles. The van der Waals surface area contributed by atoms with Crippen molar-refractivity contribution in [2.45, 2.75) is 45.2 Å². The van der Waals surface area contributed by atoms with Gasteiger partial charge in [-0.1, -0.05) is 0 Å². The summed E-state index contributed by atoms with van der Waals surface area (Å²) in [7, 11) is 0. The van der Waals surface area contributed by atoms with Gasteiger partial charge in [-0.2, -0.15) is 0 Å². The first kappa shape index (κ1) is 12.2. The Morgan fingerprint density at radius 1 is 1.47 bits per heavy atom. The number of aromatic hydroxyl groups is 1. The maximum atomic E-state index is 9.55. The van der Waals surface area contributed by atoms with E-state index in [9.17, 15) is 5.11 Å². The number of fused-ring (bicyclic) bond motifs is 1. The van der Waals surface area contributed by atoms with Crippen LogP contribution in [0.15, 0.2) is 18.2 Å². The van der Waals surface area contributed by atoms with Crippen molar-refractivity contribution in [3.05, 3.63) is 23.8 Å². The molecule has 1 aliphatic rings. The zero-order chi connectivity index (χ0) is 12.4. The minimum atomic E-state index is 0.368. The third-order valence-electron chi connectivity index (χ3n) is 3.49. The lowest BCUT2D eigenvalue weighted by Gasteiger charge is -2.31. The van der Waals surface area contributed by atoms with E-state index < -0.39 is 0 Å². The molecule has 1 unspecified atom stereocenters. The summed E-state index contributed by atoms with van der Waals surface area (Å²) in [4.78, 5) is 2.46. The summed E-state index contributed by atoms with van der Waals surface area (Å²) in [6, 6.07) is 6.73. The van der Waals surface area contributed by atoms with Crippen LogP contribution in [0, 0.1) is 0 Å². The molecule has 1 aromatic carbocycles. The van der Waals surface area contributed by atoms with Crippen LogP contribution in [0.25, 0.3) is 0 Å². The van der Waals surface area contributed by atoms with E-state index >= 15 is 0 Å². The number of phenolic OH excluding ortho intramolecular Hbond substituents is 1. The van der Waals surface area contributed by atoms with Crippen LogP contribution >= 0.6 is 0 Å². The fourth-order valence-corrected chi connectivity index (χ4v) is 2.83. The highest BCUT2D eigenvalue weighted by molar-refractivity contribution is 5.62. The Bertz CT molecular complexity index is 390. The fraction of sp³-hybridized carbons (Fsp3) is 0.571. The SMILES string of the molecule is CC(C)N1c2ccc(O)cc2CC1CCCN. The lowest BCUT2D eigenvalue weighted by atomic mass is 10.1. The Morgan fingerprint density at radius 2 is 2.24 bits per heavy atom. The third-order valence-corrected chi connectivity index (χ3v) is 3.49. The maximum Gasteiger partial charge on any atom is 0.116 e. The molecule has 1 heterocycles. The number of hydrogen-bond donors (Lipinski definition) is 2. The normalized spacial score (nSPS) is 18.8. The molecule has 0 aliphatic carbocycles. The van der Waals surface area contributed by atoms with Crippen molar-refractivity contribution >= 4 is 5.69 Å². The van der Waals surface area contributed by atoms with E-state index in [4.69, 9.17) is 5.73 Å². The van der Waals surface area contributed by atoms with Gasteiger partial charge in [-0.3, -0.25) is 0 Å². The second-order valence-electron chi connectivity index (χ2n) is 5.10. The van der Waals surface area contributed by atoms with E-state index in [2.05, 4.69) is 18.7 Å². The van der Waals surface area contributed by atoms with Crippen molar-refractivity contribution in [1.29, 1.82) is 0 Å². The second-order valence-corrected chi connectivity index (χ2v) is 5.10. The Balaban J connectivity index is 2.24. The van der Waals surface area contributed by atoms with Gasteiger partial charge in [0, 0.05) is 17.8 Å². The molecule has 3 heteroatoms. The number of nitrogens with zero attached hydrogens (tertiary/aromatic N) is 1. The Hall–Kier alpha value is -1.22. The summed E-state index contributed by atoms with van der Waals surface area (Å²) in [5, 5.41) is 9.55. The maximum absolute atomic E-state index is 9.55. The molecular formula is C14H22N2O. The molecule has 0 radical (unpaired) electrons. The fourth-order valence-electron chi connectivity index (χ4n) is 2.83. The quantitative estimate of drug-likeness (QED) is 0.840. The van der Waals surface area contributed by atoms with E-state index in [1.807, 2.05) is 12.1 Å². The van der Waals surface area contributed by atoms with E-state index in [-0.39, 0.29) is 0 Å². The van der Waals surface area contributed by atoms with E-state index in [0.717, 1.165) is 25.8 Å². The van der Waals surface area contributed by atoms with Crippen LogP contribution < -0.4 is 10.6 Å². The van der Waals surface area contributed by atoms with E-state index in [0.29, 0.717) is 17.8 Å². The molecular weight excluding hydrogens is 212 g/mol. The van der Waals surface area contributed by atoms with Crippen molar-refractivity contribution < 1.29 is 5.11 Å². The van der Waals surface area contributed by atoms with Crippen LogP contribution in [0.3, 0.4) is 0 Å². The summed E-state index contributed by atoms with van der Waals surface area (Å²) in [5.41, 5.74) is 8.14. The molecule has 3 nitrogen and oxygen atoms in total. The molecule has 94 valence electrons. The van der Waals surface area contributed by atoms with Crippen molar-refractivity contribution in [1.82, 2.24) is 0 Å². The van der Waals surface area contributed by atoms with Gasteiger partial charge in [-0.15, -0.1) is 0 Å². The van der Waals surface area contributed by atoms with Crippen molar-refractivity contribution in [3.8, 4) is 5.75 Å². The van der Waals surface area contributed by atoms with Gasteiger partial charge in [0.1, 0.15) is 5.75 Å². The van der Waals surface area contributed by atoms with Gasteiger partial charge >= 0.3 is 0 Å². The summed E-state index contributed by atoms with van der Waals surface area (Å²) in [5.74, 6) is 0.368. The van der Waals surface area contributed by atoms with Gasteiger partial charge in [0.25, 0.3) is 0 Å². The van der Waals surface area contributed by atoms with Crippen LogP contribution in [-0.2, 0) is 6.42 Å². The second kappa shape index (κ2) is 4.96. The average molecular weight is 234 g/mol. The van der Waals surface area contributed by atoms with Crippen LogP contribution in [0.4, 0.5) is 5.69 Å². The number of rotatable bonds is 4. The molecule has 17 heavy (non-hydrogen) atoms. The molecule has 0 saturated heterocycles. The van der Waals surface area contributed by atoms with E-state index in [1.54, 1.807) is 6.07 Å². The molecule has 1 atom stereocenters. The smallest absolute Gasteiger partial charge is 0.116 e. The number of benzene rings is 1. The van der Waals surface area contributed by atoms with Crippen LogP contribution in [0.1, 0.15) is 32.3 Å². The van der Waals surface area contributed by atoms with Crippen molar-refractivity contribution in [2.24, 2.45) is 5.73 Å². The molecule has 0 aromatic heterocycles. The van der Waals surface area contributed by atoms with Crippen LogP contribution in [-0.4, -0.2) is 23.7 Å².